The Labute approximate surface area is 130 Å². The number of benzene rings is 1. The van der Waals surface area contributed by atoms with Crippen LogP contribution in [0.2, 0.25) is 0 Å². The Hall–Kier alpha value is -1.02. The Morgan fingerprint density at radius 2 is 1.90 bits per heavy atom. The molecular formula is C19H31NO. The van der Waals surface area contributed by atoms with Crippen molar-refractivity contribution in [1.29, 1.82) is 0 Å². The molecular weight excluding hydrogens is 258 g/mol. The van der Waals surface area contributed by atoms with Crippen molar-refractivity contribution >= 4 is 0 Å². The van der Waals surface area contributed by atoms with Crippen LogP contribution in [0, 0.1) is 11.8 Å². The van der Waals surface area contributed by atoms with Crippen LogP contribution >= 0.6 is 0 Å². The molecule has 1 aromatic carbocycles. The molecule has 1 aliphatic rings. The third-order valence-electron chi connectivity index (χ3n) is 5.11. The third kappa shape index (κ3) is 4.23. The van der Waals surface area contributed by atoms with Crippen molar-refractivity contribution in [1.82, 2.24) is 5.32 Å². The summed E-state index contributed by atoms with van der Waals surface area (Å²) in [5.41, 5.74) is 1.32. The van der Waals surface area contributed by atoms with Gasteiger partial charge in [-0.05, 0) is 37.8 Å². The van der Waals surface area contributed by atoms with Crippen LogP contribution in [0.3, 0.4) is 0 Å². The van der Waals surface area contributed by atoms with E-state index < -0.39 is 0 Å². The molecule has 2 nitrogen and oxygen atoms in total. The first-order valence-electron chi connectivity index (χ1n) is 8.60. The third-order valence-corrected chi connectivity index (χ3v) is 5.11. The maximum Gasteiger partial charge on any atom is 0.123 e. The van der Waals surface area contributed by atoms with Gasteiger partial charge in [-0.15, -0.1) is 0 Å². The molecule has 21 heavy (non-hydrogen) atoms. The lowest BCUT2D eigenvalue weighted by molar-refractivity contribution is 0.215. The van der Waals surface area contributed by atoms with Gasteiger partial charge < -0.3 is 10.1 Å². The first kappa shape index (κ1) is 16.4. The summed E-state index contributed by atoms with van der Waals surface area (Å²) in [6.45, 7) is 2.30. The fourth-order valence-corrected chi connectivity index (χ4v) is 3.87. The second kappa shape index (κ2) is 8.43. The Balaban J connectivity index is 1.99. The number of unbranched alkanes of at least 4 members (excludes halogenated alkanes) is 1. The minimum absolute atomic E-state index is 0.424. The second-order valence-electron chi connectivity index (χ2n) is 6.43. The molecule has 0 heterocycles. The molecule has 1 fully saturated rings. The van der Waals surface area contributed by atoms with E-state index >= 15 is 0 Å². The van der Waals surface area contributed by atoms with Crippen LogP contribution in [0.5, 0.6) is 5.75 Å². The molecule has 0 saturated heterocycles. The zero-order valence-corrected chi connectivity index (χ0v) is 13.9. The molecule has 1 N–H and O–H groups in total. The highest BCUT2D eigenvalue weighted by molar-refractivity contribution is 5.36. The summed E-state index contributed by atoms with van der Waals surface area (Å²) in [5.74, 6) is 2.73. The first-order chi connectivity index (χ1) is 10.3. The van der Waals surface area contributed by atoms with Gasteiger partial charge in [0, 0.05) is 11.6 Å². The summed E-state index contributed by atoms with van der Waals surface area (Å²) in [6, 6.07) is 8.88. The Morgan fingerprint density at radius 1 is 1.19 bits per heavy atom. The number of rotatable bonds is 7. The fourth-order valence-electron chi connectivity index (χ4n) is 3.87. The topological polar surface area (TPSA) is 21.3 Å². The van der Waals surface area contributed by atoms with Gasteiger partial charge in [-0.25, -0.2) is 0 Å². The number of ether oxygens (including phenoxy) is 1. The molecule has 2 rings (SSSR count). The Morgan fingerprint density at radius 3 is 2.52 bits per heavy atom. The van der Waals surface area contributed by atoms with Crippen LogP contribution in [-0.2, 0) is 0 Å². The number of nitrogens with one attached hydrogen (secondary N) is 1. The SMILES string of the molecule is CCCCC1CCC(C(NC)c2ccccc2OC)CC1. The Kier molecular flexibility index (Phi) is 6.56. The van der Waals surface area contributed by atoms with Crippen molar-refractivity contribution in [3.8, 4) is 5.75 Å². The van der Waals surface area contributed by atoms with Crippen molar-refractivity contribution in [3.63, 3.8) is 0 Å². The molecule has 1 aromatic rings. The van der Waals surface area contributed by atoms with E-state index in [9.17, 15) is 0 Å². The lowest BCUT2D eigenvalue weighted by Crippen LogP contribution is -2.29. The molecule has 0 spiro atoms. The number of para-hydroxylation sites is 1. The smallest absolute Gasteiger partial charge is 0.123 e. The summed E-state index contributed by atoms with van der Waals surface area (Å²) in [4.78, 5) is 0. The molecule has 0 bridgehead atoms. The molecule has 1 saturated carbocycles. The maximum atomic E-state index is 5.55. The highest BCUT2D eigenvalue weighted by Gasteiger charge is 2.28. The number of hydrogen-bond donors (Lipinski definition) is 1. The molecule has 0 aromatic heterocycles. The van der Waals surface area contributed by atoms with Crippen LogP contribution in [-0.4, -0.2) is 14.2 Å². The number of hydrogen-bond acceptors (Lipinski definition) is 2. The van der Waals surface area contributed by atoms with Gasteiger partial charge in [-0.2, -0.15) is 0 Å². The number of methoxy groups -OCH3 is 1. The molecule has 1 unspecified atom stereocenters. The van der Waals surface area contributed by atoms with Crippen LogP contribution in [0.4, 0.5) is 0 Å². The minimum Gasteiger partial charge on any atom is -0.496 e. The zero-order valence-electron chi connectivity index (χ0n) is 13.9. The highest BCUT2D eigenvalue weighted by Crippen LogP contribution is 2.40. The summed E-state index contributed by atoms with van der Waals surface area (Å²) in [6.07, 6.45) is 9.66. The monoisotopic (exact) mass is 289 g/mol. The normalized spacial score (nSPS) is 23.8. The second-order valence-corrected chi connectivity index (χ2v) is 6.43. The van der Waals surface area contributed by atoms with Crippen LogP contribution in [0.1, 0.15) is 63.5 Å². The quantitative estimate of drug-likeness (QED) is 0.766. The van der Waals surface area contributed by atoms with Crippen LogP contribution < -0.4 is 10.1 Å². The van der Waals surface area contributed by atoms with Gasteiger partial charge in [-0.3, -0.25) is 0 Å². The van der Waals surface area contributed by atoms with E-state index in [0.29, 0.717) is 6.04 Å². The van der Waals surface area contributed by atoms with E-state index in [1.807, 2.05) is 0 Å². The van der Waals surface area contributed by atoms with Gasteiger partial charge in [0.25, 0.3) is 0 Å². The van der Waals surface area contributed by atoms with Crippen LogP contribution in [0.25, 0.3) is 0 Å². The van der Waals surface area contributed by atoms with Gasteiger partial charge >= 0.3 is 0 Å². The van der Waals surface area contributed by atoms with E-state index in [-0.39, 0.29) is 0 Å². The Bertz CT molecular complexity index is 410. The largest absolute Gasteiger partial charge is 0.496 e. The van der Waals surface area contributed by atoms with E-state index in [1.54, 1.807) is 7.11 Å². The predicted octanol–water partition coefficient (Wildman–Crippen LogP) is 4.95. The average molecular weight is 289 g/mol. The van der Waals surface area contributed by atoms with Gasteiger partial charge in [0.05, 0.1) is 7.11 Å². The lowest BCUT2D eigenvalue weighted by atomic mass is 9.75. The zero-order chi connectivity index (χ0) is 15.1. The molecule has 1 aliphatic carbocycles. The molecule has 0 radical (unpaired) electrons. The fraction of sp³-hybridized carbons (Fsp3) is 0.684. The lowest BCUT2D eigenvalue weighted by Gasteiger charge is -2.34. The van der Waals surface area contributed by atoms with Crippen molar-refractivity contribution in [2.45, 2.75) is 57.9 Å². The van der Waals surface area contributed by atoms with Gasteiger partial charge in [-0.1, -0.05) is 57.2 Å². The van der Waals surface area contributed by atoms with E-state index in [4.69, 9.17) is 4.74 Å². The maximum absolute atomic E-state index is 5.55. The highest BCUT2D eigenvalue weighted by atomic mass is 16.5. The van der Waals surface area contributed by atoms with Crippen LogP contribution in [0.15, 0.2) is 24.3 Å². The molecule has 118 valence electrons. The summed E-state index contributed by atoms with van der Waals surface area (Å²) in [7, 11) is 3.85. The minimum atomic E-state index is 0.424. The van der Waals surface area contributed by atoms with Gasteiger partial charge in [0.15, 0.2) is 0 Å². The standard InChI is InChI=1S/C19H31NO/c1-4-5-8-15-11-13-16(14-12-15)19(20-2)17-9-6-7-10-18(17)21-3/h6-7,9-10,15-16,19-20H,4-5,8,11-14H2,1-3H3. The summed E-state index contributed by atoms with van der Waals surface area (Å²) >= 11 is 0. The van der Waals surface area contributed by atoms with Gasteiger partial charge in [0.1, 0.15) is 5.75 Å². The van der Waals surface area contributed by atoms with Crippen molar-refractivity contribution in [3.05, 3.63) is 29.8 Å². The molecule has 1 atom stereocenters. The van der Waals surface area contributed by atoms with E-state index in [1.165, 1.54) is 50.5 Å². The predicted molar refractivity (Wildman–Crippen MR) is 89.8 cm³/mol. The van der Waals surface area contributed by atoms with E-state index in [2.05, 4.69) is 43.6 Å². The van der Waals surface area contributed by atoms with Crippen molar-refractivity contribution in [2.75, 3.05) is 14.2 Å². The average Bonchev–Trinajstić information content (AvgIpc) is 2.55. The summed E-state index contributed by atoms with van der Waals surface area (Å²) < 4.78 is 5.55. The molecule has 0 aliphatic heterocycles. The van der Waals surface area contributed by atoms with Crippen molar-refractivity contribution in [2.24, 2.45) is 11.8 Å². The molecule has 2 heteroatoms. The first-order valence-corrected chi connectivity index (χ1v) is 8.60. The molecule has 0 amide bonds. The van der Waals surface area contributed by atoms with E-state index in [0.717, 1.165) is 17.6 Å². The summed E-state index contributed by atoms with van der Waals surface area (Å²) in [5, 5.41) is 3.54. The van der Waals surface area contributed by atoms with Gasteiger partial charge in [0.2, 0.25) is 0 Å². The van der Waals surface area contributed by atoms with Crippen molar-refractivity contribution < 1.29 is 4.74 Å².